The van der Waals surface area contributed by atoms with E-state index in [0.29, 0.717) is 11.7 Å². The van der Waals surface area contributed by atoms with Crippen LogP contribution >= 0.6 is 0 Å². The molecule has 4 heterocycles. The molecule has 1 aliphatic heterocycles. The first-order valence-electron chi connectivity index (χ1n) is 12.1. The maximum absolute atomic E-state index is 7.35. The first-order valence-corrected chi connectivity index (χ1v) is 12.1. The van der Waals surface area contributed by atoms with Gasteiger partial charge in [0.05, 0.1) is 28.9 Å². The van der Waals surface area contributed by atoms with E-state index < -0.39 is 0 Å². The van der Waals surface area contributed by atoms with E-state index in [2.05, 4.69) is 49.2 Å². The minimum atomic E-state index is 0.582. The van der Waals surface area contributed by atoms with Gasteiger partial charge in [-0.05, 0) is 50.2 Å². The fourth-order valence-electron chi connectivity index (χ4n) is 5.06. The number of aromatic nitrogens is 5. The molecule has 2 aromatic carbocycles. The van der Waals surface area contributed by atoms with E-state index in [-0.39, 0.29) is 0 Å². The Hall–Kier alpha value is -4.35. The van der Waals surface area contributed by atoms with Crippen LogP contribution in [-0.2, 0) is 0 Å². The van der Waals surface area contributed by atoms with Gasteiger partial charge < -0.3 is 9.80 Å². The summed E-state index contributed by atoms with van der Waals surface area (Å²) in [6, 6.07) is 14.3. The van der Waals surface area contributed by atoms with Gasteiger partial charge in [-0.1, -0.05) is 30.3 Å². The fraction of sp³-hybridized carbons (Fsp3) is 0.250. The number of hydrogen-bond donors (Lipinski definition) is 0. The number of piperidine rings is 1. The molecule has 178 valence electrons. The normalized spacial score (nSPS) is 14.6. The van der Waals surface area contributed by atoms with Crippen LogP contribution < -0.4 is 4.90 Å². The number of nitrogens with zero attached hydrogens (tertiary/aromatic N) is 8. The topological polar surface area (TPSA) is 66.8 Å². The van der Waals surface area contributed by atoms with Crippen LogP contribution in [0.3, 0.4) is 0 Å². The average Bonchev–Trinajstić information content (AvgIpc) is 3.42. The van der Waals surface area contributed by atoms with Crippen molar-refractivity contribution in [3.8, 4) is 22.4 Å². The Bertz CT molecular complexity index is 1590. The molecular formula is C28H26N8. The molecule has 36 heavy (non-hydrogen) atoms. The summed E-state index contributed by atoms with van der Waals surface area (Å²) < 4.78 is 2.10. The Morgan fingerprint density at radius 1 is 0.889 bits per heavy atom. The van der Waals surface area contributed by atoms with Crippen LogP contribution in [0.2, 0.25) is 0 Å². The van der Waals surface area contributed by atoms with Gasteiger partial charge in [-0.3, -0.25) is 14.4 Å². The predicted molar refractivity (Wildman–Crippen MR) is 142 cm³/mol. The fourth-order valence-corrected chi connectivity index (χ4v) is 5.06. The lowest BCUT2D eigenvalue weighted by Crippen LogP contribution is -2.43. The van der Waals surface area contributed by atoms with Crippen LogP contribution in [0.15, 0.2) is 67.3 Å². The highest BCUT2D eigenvalue weighted by atomic mass is 15.3. The lowest BCUT2D eigenvalue weighted by Gasteiger charge is -2.36. The van der Waals surface area contributed by atoms with Crippen molar-refractivity contribution >= 4 is 28.3 Å². The number of rotatable bonds is 4. The van der Waals surface area contributed by atoms with E-state index in [1.165, 1.54) is 0 Å². The zero-order chi connectivity index (χ0) is 24.6. The minimum absolute atomic E-state index is 0.582. The van der Waals surface area contributed by atoms with E-state index in [1.54, 1.807) is 12.4 Å². The van der Waals surface area contributed by atoms with Crippen molar-refractivity contribution < 1.29 is 0 Å². The largest absolute Gasteiger partial charge is 0.342 e. The smallest absolute Gasteiger partial charge is 0.211 e. The molecule has 5 aromatic rings. The van der Waals surface area contributed by atoms with Gasteiger partial charge in [0.25, 0.3) is 0 Å². The van der Waals surface area contributed by atoms with Crippen LogP contribution in [0, 0.1) is 6.57 Å². The third-order valence-corrected chi connectivity index (χ3v) is 7.03. The molecule has 1 aliphatic rings. The number of imidazole rings is 1. The summed E-state index contributed by atoms with van der Waals surface area (Å²) in [7, 11) is 4.31. The van der Waals surface area contributed by atoms with Crippen LogP contribution in [0.25, 0.3) is 43.9 Å². The highest BCUT2D eigenvalue weighted by Gasteiger charge is 2.26. The Balaban J connectivity index is 1.55. The molecule has 0 atom stereocenters. The first kappa shape index (κ1) is 22.1. The van der Waals surface area contributed by atoms with Crippen molar-refractivity contribution in [1.82, 2.24) is 29.2 Å². The quantitative estimate of drug-likeness (QED) is 0.338. The maximum atomic E-state index is 7.35. The van der Waals surface area contributed by atoms with Gasteiger partial charge in [0.2, 0.25) is 5.95 Å². The van der Waals surface area contributed by atoms with Crippen LogP contribution in [0.4, 0.5) is 11.6 Å². The lowest BCUT2D eigenvalue weighted by molar-refractivity contribution is 0.249. The van der Waals surface area contributed by atoms with Crippen molar-refractivity contribution in [3.05, 3.63) is 78.7 Å². The second-order valence-corrected chi connectivity index (χ2v) is 9.36. The van der Waals surface area contributed by atoms with Crippen molar-refractivity contribution in [2.75, 3.05) is 32.1 Å². The second-order valence-electron chi connectivity index (χ2n) is 9.36. The summed E-state index contributed by atoms with van der Waals surface area (Å²) in [4.78, 5) is 27.2. The molecule has 0 amide bonds. The van der Waals surface area contributed by atoms with Gasteiger partial charge in [0, 0.05) is 43.9 Å². The third-order valence-electron chi connectivity index (χ3n) is 7.03. The molecule has 0 saturated carbocycles. The molecular weight excluding hydrogens is 448 g/mol. The standard InChI is InChI=1S/C28H26N8/c1-29-21-7-4-19(5-8-21)26-25(20-6-9-23-24(18-20)31-13-12-30-23)27-32-14-17-36(27)28(33-26)35-15-10-22(11-16-35)34(2)3/h4-9,12-14,17-18,22H,10-11,15-16H2,2-3H3. The van der Waals surface area contributed by atoms with Crippen molar-refractivity contribution in [3.63, 3.8) is 0 Å². The van der Waals surface area contributed by atoms with Gasteiger partial charge in [-0.25, -0.2) is 14.8 Å². The monoisotopic (exact) mass is 474 g/mol. The average molecular weight is 475 g/mol. The van der Waals surface area contributed by atoms with Gasteiger partial charge in [-0.15, -0.1) is 0 Å². The number of fused-ring (bicyclic) bond motifs is 2. The third kappa shape index (κ3) is 3.84. The zero-order valence-electron chi connectivity index (χ0n) is 20.3. The Kier molecular flexibility index (Phi) is 5.55. The molecule has 8 heteroatoms. The second kappa shape index (κ2) is 9.02. The van der Waals surface area contributed by atoms with E-state index in [9.17, 15) is 0 Å². The summed E-state index contributed by atoms with van der Waals surface area (Å²) in [5.41, 5.74) is 6.84. The van der Waals surface area contributed by atoms with Crippen LogP contribution in [0.5, 0.6) is 0 Å². The maximum Gasteiger partial charge on any atom is 0.211 e. The number of anilines is 1. The molecule has 0 unspecified atom stereocenters. The SMILES string of the molecule is [C-]#[N+]c1ccc(-c2nc(N3CCC(N(C)C)CC3)n3ccnc3c2-c2ccc3nccnc3c2)cc1. The molecule has 3 aromatic heterocycles. The molecule has 0 bridgehead atoms. The van der Waals surface area contributed by atoms with E-state index in [1.807, 2.05) is 48.8 Å². The molecule has 1 saturated heterocycles. The molecule has 0 N–H and O–H groups in total. The van der Waals surface area contributed by atoms with E-state index in [0.717, 1.165) is 70.9 Å². The van der Waals surface area contributed by atoms with Crippen molar-refractivity contribution in [1.29, 1.82) is 0 Å². The molecule has 0 radical (unpaired) electrons. The highest BCUT2D eigenvalue weighted by molar-refractivity contribution is 5.94. The summed E-state index contributed by atoms with van der Waals surface area (Å²) >= 11 is 0. The van der Waals surface area contributed by atoms with E-state index in [4.69, 9.17) is 16.5 Å². The molecule has 8 nitrogen and oxygen atoms in total. The summed E-state index contributed by atoms with van der Waals surface area (Å²) in [5.74, 6) is 0.897. The Morgan fingerprint density at radius 2 is 1.61 bits per heavy atom. The van der Waals surface area contributed by atoms with Gasteiger partial charge in [0.15, 0.2) is 5.69 Å². The van der Waals surface area contributed by atoms with Gasteiger partial charge >= 0.3 is 0 Å². The van der Waals surface area contributed by atoms with Crippen molar-refractivity contribution in [2.45, 2.75) is 18.9 Å². The summed E-state index contributed by atoms with van der Waals surface area (Å²) in [6.45, 7) is 9.22. The predicted octanol–water partition coefficient (Wildman–Crippen LogP) is 5.09. The highest BCUT2D eigenvalue weighted by Crippen LogP contribution is 2.38. The van der Waals surface area contributed by atoms with Gasteiger partial charge in [0.1, 0.15) is 5.65 Å². The van der Waals surface area contributed by atoms with Crippen molar-refractivity contribution in [2.24, 2.45) is 0 Å². The van der Waals surface area contributed by atoms with Crippen LogP contribution in [-0.4, -0.2) is 62.5 Å². The number of hydrogen-bond acceptors (Lipinski definition) is 6. The zero-order valence-corrected chi connectivity index (χ0v) is 20.3. The molecule has 0 aliphatic carbocycles. The van der Waals surface area contributed by atoms with Gasteiger partial charge in [-0.2, -0.15) is 0 Å². The Morgan fingerprint density at radius 3 is 2.33 bits per heavy atom. The molecule has 1 fully saturated rings. The Labute approximate surface area is 209 Å². The summed E-state index contributed by atoms with van der Waals surface area (Å²) in [6.07, 6.45) is 9.42. The van der Waals surface area contributed by atoms with E-state index >= 15 is 0 Å². The molecule has 6 rings (SSSR count). The van der Waals surface area contributed by atoms with Crippen LogP contribution in [0.1, 0.15) is 12.8 Å². The lowest BCUT2D eigenvalue weighted by atomic mass is 9.99. The minimum Gasteiger partial charge on any atom is -0.342 e. The first-order chi connectivity index (χ1) is 17.6. The summed E-state index contributed by atoms with van der Waals surface area (Å²) in [5, 5.41) is 0. The molecule has 0 spiro atoms. The number of benzene rings is 2.